The summed E-state index contributed by atoms with van der Waals surface area (Å²) in [5, 5.41) is 11.0. The van der Waals surface area contributed by atoms with Gasteiger partial charge in [-0.3, -0.25) is 4.79 Å². The van der Waals surface area contributed by atoms with Crippen molar-refractivity contribution >= 4 is 29.8 Å². The van der Waals surface area contributed by atoms with E-state index >= 15 is 0 Å². The molecule has 0 radical (unpaired) electrons. The first-order valence-corrected chi connectivity index (χ1v) is 19.0. The van der Waals surface area contributed by atoms with Crippen LogP contribution in [-0.2, 0) is 49.4 Å². The topological polar surface area (TPSA) is 129 Å². The average Bonchev–Trinajstić information content (AvgIpc) is 3.94. The molecule has 10 nitrogen and oxygen atoms in total. The standard InChI is InChI=1S/C42H59N5O5/c1-6-7-8-9-10-11-12-13-41(48)46-40-28-35-31(18-22-51-4)26-37(45-35)36-24-29(16-20-49-2)33(43-36)14-15-34-30(17-21-50-3)25-38(44-34)39-27-32(19-23-52-5)42(40)47-39/h14-15,24-28,43-45,47H,6-13,16-23H2,1-5H3,(H,46,48). The number of fused-ring (bicyclic) bond motifs is 8. The summed E-state index contributed by atoms with van der Waals surface area (Å²) in [5.41, 5.74) is 5.22. The molecule has 0 saturated heterocycles. The van der Waals surface area contributed by atoms with E-state index in [1.165, 1.54) is 37.7 Å². The van der Waals surface area contributed by atoms with Gasteiger partial charge in [-0.15, -0.1) is 0 Å². The maximum atomic E-state index is 13.7. The Bertz CT molecular complexity index is 2190. The van der Waals surface area contributed by atoms with Crippen molar-refractivity contribution in [1.29, 1.82) is 0 Å². The van der Waals surface area contributed by atoms with Gasteiger partial charge < -0.3 is 44.2 Å². The Kier molecular flexibility index (Phi) is 15.2. The second-order valence-electron chi connectivity index (χ2n) is 13.7. The van der Waals surface area contributed by atoms with Gasteiger partial charge in [-0.2, -0.15) is 0 Å². The molecule has 5 heterocycles. The number of hydrogen-bond donors (Lipinski definition) is 5. The summed E-state index contributed by atoms with van der Waals surface area (Å²) < 4.78 is 22.0. The van der Waals surface area contributed by atoms with Gasteiger partial charge in [0, 0.05) is 50.9 Å². The monoisotopic (exact) mass is 713 g/mol. The van der Waals surface area contributed by atoms with Crippen LogP contribution in [0, 0.1) is 21.4 Å². The molecule has 8 bridgehead atoms. The van der Waals surface area contributed by atoms with Gasteiger partial charge in [0.1, 0.15) is 0 Å². The van der Waals surface area contributed by atoms with Crippen molar-refractivity contribution in [2.45, 2.75) is 84.0 Å². The summed E-state index contributed by atoms with van der Waals surface area (Å²) >= 11 is 0. The minimum absolute atomic E-state index is 0.0132. The van der Waals surface area contributed by atoms with Crippen LogP contribution >= 0.6 is 0 Å². The van der Waals surface area contributed by atoms with Gasteiger partial charge in [0.05, 0.1) is 58.9 Å². The van der Waals surface area contributed by atoms with Crippen LogP contribution in [0.2, 0.25) is 0 Å². The lowest BCUT2D eigenvalue weighted by molar-refractivity contribution is -0.120. The zero-order valence-corrected chi connectivity index (χ0v) is 31.9. The molecular formula is C42H59N5O5. The molecule has 0 saturated carbocycles. The molecule has 10 heteroatoms. The van der Waals surface area contributed by atoms with Crippen LogP contribution in [0.1, 0.15) is 80.5 Å². The minimum Gasteiger partial charge on any atom is -0.384 e. The van der Waals surface area contributed by atoms with Crippen molar-refractivity contribution < 1.29 is 23.7 Å². The number of aromatic nitrogens is 4. The van der Waals surface area contributed by atoms with E-state index in [-0.39, 0.29) is 5.91 Å². The molecule has 0 aromatic carbocycles. The molecule has 1 aliphatic rings. The molecule has 52 heavy (non-hydrogen) atoms. The van der Waals surface area contributed by atoms with Crippen molar-refractivity contribution in [3.63, 3.8) is 0 Å². The molecule has 0 aliphatic carbocycles. The number of methoxy groups -OCH3 is 4. The molecule has 5 N–H and O–H groups in total. The van der Waals surface area contributed by atoms with Crippen LogP contribution in [0.3, 0.4) is 0 Å². The van der Waals surface area contributed by atoms with Gasteiger partial charge in [0.15, 0.2) is 0 Å². The van der Waals surface area contributed by atoms with Gasteiger partial charge in [-0.25, -0.2) is 0 Å². The van der Waals surface area contributed by atoms with Crippen LogP contribution in [0.5, 0.6) is 0 Å². The van der Waals surface area contributed by atoms with E-state index in [9.17, 15) is 4.79 Å². The molecule has 5 rings (SSSR count). The Labute approximate surface area is 306 Å². The number of H-pyrrole nitrogens is 4. The van der Waals surface area contributed by atoms with E-state index in [2.05, 4.69) is 74.7 Å². The summed E-state index contributed by atoms with van der Waals surface area (Å²) in [4.78, 5) is 28.4. The SMILES string of the molecule is CCCCCCCCCC(=O)NC1=c2[nH]c(cc2CCOC)=c2cc(CCOC)c([nH]2)=CC=c2[nH]c(cc2CCOC)=c2cc(CCOC)c([nH]2)=C1. The number of rotatable bonds is 21. The van der Waals surface area contributed by atoms with E-state index in [1.54, 1.807) is 28.4 Å². The first-order valence-electron chi connectivity index (χ1n) is 19.0. The lowest BCUT2D eigenvalue weighted by Gasteiger charge is -2.08. The first-order chi connectivity index (χ1) is 25.5. The normalized spacial score (nSPS) is 12.4. The predicted octanol–water partition coefficient (Wildman–Crippen LogP) is 3.75. The highest BCUT2D eigenvalue weighted by molar-refractivity contribution is 5.90. The van der Waals surface area contributed by atoms with E-state index in [4.69, 9.17) is 18.9 Å². The van der Waals surface area contributed by atoms with Gasteiger partial charge in [-0.1, -0.05) is 45.4 Å². The lowest BCUT2D eigenvalue weighted by Crippen LogP contribution is -2.29. The van der Waals surface area contributed by atoms with Crippen LogP contribution in [0.25, 0.3) is 23.9 Å². The quantitative estimate of drug-likeness (QED) is 0.0841. The third-order valence-corrected chi connectivity index (χ3v) is 9.84. The van der Waals surface area contributed by atoms with Crippen LogP contribution in [-0.4, -0.2) is 80.7 Å². The summed E-state index contributed by atoms with van der Waals surface area (Å²) in [6.45, 7) is 4.58. The van der Waals surface area contributed by atoms with Gasteiger partial charge in [0.25, 0.3) is 0 Å². The number of carbonyl (C=O) groups is 1. The van der Waals surface area contributed by atoms with Crippen molar-refractivity contribution in [3.05, 3.63) is 89.3 Å². The smallest absolute Gasteiger partial charge is 0.224 e. The van der Waals surface area contributed by atoms with Gasteiger partial charge in [-0.05, 0) is 96.9 Å². The van der Waals surface area contributed by atoms with Crippen LogP contribution in [0.4, 0.5) is 0 Å². The largest absolute Gasteiger partial charge is 0.384 e. The number of amides is 1. The zero-order valence-electron chi connectivity index (χ0n) is 31.9. The Morgan fingerprint density at radius 3 is 1.50 bits per heavy atom. The number of aromatic amines is 4. The van der Waals surface area contributed by atoms with Crippen molar-refractivity contribution in [3.8, 4) is 0 Å². The van der Waals surface area contributed by atoms with E-state index in [0.717, 1.165) is 90.9 Å². The molecular weight excluding hydrogens is 654 g/mol. The number of ether oxygens (including phenoxy) is 4. The Morgan fingerprint density at radius 2 is 0.981 bits per heavy atom. The maximum Gasteiger partial charge on any atom is 0.224 e. The maximum absolute atomic E-state index is 13.7. The predicted molar refractivity (Wildman–Crippen MR) is 207 cm³/mol. The number of nitrogens with one attached hydrogen (secondary N) is 5. The van der Waals surface area contributed by atoms with E-state index in [1.807, 2.05) is 0 Å². The molecule has 4 aromatic heterocycles. The highest BCUT2D eigenvalue weighted by atomic mass is 16.5. The fourth-order valence-electron chi connectivity index (χ4n) is 6.89. The number of carbonyl (C=O) groups excluding carboxylic acids is 1. The molecule has 0 fully saturated rings. The van der Waals surface area contributed by atoms with Crippen LogP contribution < -0.4 is 26.7 Å². The Balaban J connectivity index is 1.76. The van der Waals surface area contributed by atoms with E-state index in [0.29, 0.717) is 45.7 Å². The third kappa shape index (κ3) is 10.5. The first kappa shape index (κ1) is 39.1. The van der Waals surface area contributed by atoms with Gasteiger partial charge in [0.2, 0.25) is 5.91 Å². The number of hydrogen-bond acceptors (Lipinski definition) is 5. The molecule has 0 spiro atoms. The number of unbranched alkanes of at least 4 members (excludes halogenated alkanes) is 6. The molecule has 0 atom stereocenters. The fraction of sp³-hybridized carbons (Fsp3) is 0.500. The second kappa shape index (κ2) is 20.2. The third-order valence-electron chi connectivity index (χ3n) is 9.84. The molecule has 0 unspecified atom stereocenters. The minimum atomic E-state index is 0.0132. The van der Waals surface area contributed by atoms with Crippen LogP contribution in [0.15, 0.2) is 24.3 Å². The summed E-state index contributed by atoms with van der Waals surface area (Å²) in [5.74, 6) is 0.0132. The fourth-order valence-corrected chi connectivity index (χ4v) is 6.89. The molecule has 1 amide bonds. The molecule has 4 aromatic rings. The molecule has 1 aliphatic heterocycles. The highest BCUT2D eigenvalue weighted by Gasteiger charge is 2.12. The van der Waals surface area contributed by atoms with Crippen molar-refractivity contribution in [2.24, 2.45) is 0 Å². The van der Waals surface area contributed by atoms with Crippen molar-refractivity contribution in [2.75, 3.05) is 54.9 Å². The zero-order chi connectivity index (χ0) is 36.7. The summed E-state index contributed by atoms with van der Waals surface area (Å²) in [6, 6.07) is 8.76. The summed E-state index contributed by atoms with van der Waals surface area (Å²) in [7, 11) is 6.90. The summed E-state index contributed by atoms with van der Waals surface area (Å²) in [6.07, 6.45) is 17.9. The van der Waals surface area contributed by atoms with Gasteiger partial charge >= 0.3 is 0 Å². The lowest BCUT2D eigenvalue weighted by atomic mass is 10.1. The average molecular weight is 714 g/mol. The second-order valence-corrected chi connectivity index (χ2v) is 13.7. The van der Waals surface area contributed by atoms with E-state index < -0.39 is 0 Å². The Morgan fingerprint density at radius 1 is 0.558 bits per heavy atom. The Hall–Kier alpha value is -4.09. The van der Waals surface area contributed by atoms with Crippen molar-refractivity contribution in [1.82, 2.24) is 25.3 Å². The highest BCUT2D eigenvalue weighted by Crippen LogP contribution is 2.10. The molecule has 282 valence electrons.